The molecule has 0 unspecified atom stereocenters. The first-order chi connectivity index (χ1) is 16.2. The number of imidazole rings is 1. The van der Waals surface area contributed by atoms with Crippen molar-refractivity contribution >= 4 is 21.9 Å². The zero-order valence-electron chi connectivity index (χ0n) is 17.9. The fourth-order valence-electron chi connectivity index (χ4n) is 4.88. The Kier molecular flexibility index (Phi) is 4.88. The van der Waals surface area contributed by atoms with E-state index >= 15 is 0 Å². The van der Waals surface area contributed by atoms with E-state index in [1.807, 2.05) is 22.8 Å². The predicted molar refractivity (Wildman–Crippen MR) is 127 cm³/mol. The molecule has 2 aromatic heterocycles. The summed E-state index contributed by atoms with van der Waals surface area (Å²) in [6.07, 6.45) is 3.44. The summed E-state index contributed by atoms with van der Waals surface area (Å²) in [5, 5.41) is 5.64. The maximum absolute atomic E-state index is 14.9. The maximum atomic E-state index is 14.9. The summed E-state index contributed by atoms with van der Waals surface area (Å²) in [6.45, 7) is 1.68. The SMILES string of the molecule is Fc1cccc(F)c1-c1nc2c(-c3ccc4ccccc4c3)ccnc2n1C1CCNCC1. The molecule has 1 aliphatic heterocycles. The summed E-state index contributed by atoms with van der Waals surface area (Å²) < 4.78 is 31.7. The van der Waals surface area contributed by atoms with Crippen LogP contribution >= 0.6 is 0 Å². The van der Waals surface area contributed by atoms with Crippen LogP contribution in [0.15, 0.2) is 72.9 Å². The molecule has 0 radical (unpaired) electrons. The van der Waals surface area contributed by atoms with Gasteiger partial charge in [-0.1, -0.05) is 42.5 Å². The number of pyridine rings is 1. The standard InChI is InChI=1S/C27H22F2N4/c28-22-6-3-7-23(29)24(22)26-32-25-21(19-9-8-17-4-1-2-5-18(17)16-19)12-15-31-27(25)33(26)20-10-13-30-14-11-20/h1-9,12,15-16,20,30H,10-11,13-14H2. The molecule has 0 aliphatic carbocycles. The van der Waals surface area contributed by atoms with Crippen LogP contribution in [0.4, 0.5) is 8.78 Å². The molecule has 0 amide bonds. The van der Waals surface area contributed by atoms with E-state index in [1.54, 1.807) is 6.20 Å². The molecule has 0 saturated carbocycles. The van der Waals surface area contributed by atoms with Crippen molar-refractivity contribution in [3.8, 4) is 22.5 Å². The van der Waals surface area contributed by atoms with Gasteiger partial charge in [0.05, 0.1) is 5.56 Å². The molecule has 0 spiro atoms. The van der Waals surface area contributed by atoms with Crippen LogP contribution in [0.3, 0.4) is 0 Å². The molecule has 5 aromatic rings. The van der Waals surface area contributed by atoms with Crippen LogP contribution in [0.5, 0.6) is 0 Å². The minimum Gasteiger partial charge on any atom is -0.317 e. The maximum Gasteiger partial charge on any atom is 0.161 e. The van der Waals surface area contributed by atoms with E-state index in [-0.39, 0.29) is 11.6 Å². The van der Waals surface area contributed by atoms with Gasteiger partial charge in [0.1, 0.15) is 23.0 Å². The van der Waals surface area contributed by atoms with Gasteiger partial charge >= 0.3 is 0 Å². The number of rotatable bonds is 3. The molecule has 3 heterocycles. The number of hydrogen-bond acceptors (Lipinski definition) is 3. The summed E-state index contributed by atoms with van der Waals surface area (Å²) in [6, 6.07) is 20.4. The van der Waals surface area contributed by atoms with Gasteiger partial charge < -0.3 is 9.88 Å². The molecule has 0 atom stereocenters. The topological polar surface area (TPSA) is 42.7 Å². The highest BCUT2D eigenvalue weighted by Crippen LogP contribution is 2.37. The van der Waals surface area contributed by atoms with E-state index < -0.39 is 11.6 Å². The highest BCUT2D eigenvalue weighted by atomic mass is 19.1. The van der Waals surface area contributed by atoms with Crippen molar-refractivity contribution in [2.75, 3.05) is 13.1 Å². The Morgan fingerprint density at radius 3 is 2.39 bits per heavy atom. The molecule has 6 heteroatoms. The largest absolute Gasteiger partial charge is 0.317 e. The highest BCUT2D eigenvalue weighted by Gasteiger charge is 2.27. The zero-order chi connectivity index (χ0) is 22.4. The van der Waals surface area contributed by atoms with Gasteiger partial charge in [0.15, 0.2) is 5.65 Å². The fraction of sp³-hybridized carbons (Fsp3) is 0.185. The smallest absolute Gasteiger partial charge is 0.161 e. The number of hydrogen-bond donors (Lipinski definition) is 1. The normalized spacial score (nSPS) is 14.8. The van der Waals surface area contributed by atoms with Crippen molar-refractivity contribution in [3.63, 3.8) is 0 Å². The molecule has 1 N–H and O–H groups in total. The molecule has 3 aromatic carbocycles. The molecule has 164 valence electrons. The first kappa shape index (κ1) is 20.0. The van der Waals surface area contributed by atoms with Crippen molar-refractivity contribution in [3.05, 3.63) is 84.6 Å². The number of fused-ring (bicyclic) bond motifs is 2. The second kappa shape index (κ2) is 8.05. The summed E-state index contributed by atoms with van der Waals surface area (Å²) in [4.78, 5) is 9.48. The minimum atomic E-state index is -0.618. The van der Waals surface area contributed by atoms with Gasteiger partial charge in [-0.25, -0.2) is 18.7 Å². The molecule has 33 heavy (non-hydrogen) atoms. The van der Waals surface area contributed by atoms with Crippen molar-refractivity contribution < 1.29 is 8.78 Å². The van der Waals surface area contributed by atoms with Crippen LogP contribution in [0.1, 0.15) is 18.9 Å². The summed E-state index contributed by atoms with van der Waals surface area (Å²) in [5.74, 6) is -0.936. The summed E-state index contributed by atoms with van der Waals surface area (Å²) in [5.41, 5.74) is 3.11. The molecule has 1 fully saturated rings. The quantitative estimate of drug-likeness (QED) is 0.367. The molecule has 6 rings (SSSR count). The average Bonchev–Trinajstić information content (AvgIpc) is 3.23. The highest BCUT2D eigenvalue weighted by molar-refractivity contribution is 5.95. The minimum absolute atomic E-state index is 0.0598. The average molecular weight is 440 g/mol. The van der Waals surface area contributed by atoms with E-state index in [9.17, 15) is 8.78 Å². The number of nitrogens with zero attached hydrogens (tertiary/aromatic N) is 3. The van der Waals surface area contributed by atoms with Crippen LogP contribution in [0.25, 0.3) is 44.5 Å². The number of nitrogens with one attached hydrogen (secondary N) is 1. The second-order valence-electron chi connectivity index (χ2n) is 8.48. The van der Waals surface area contributed by atoms with Crippen molar-refractivity contribution in [1.82, 2.24) is 19.9 Å². The molecular weight excluding hydrogens is 418 g/mol. The van der Waals surface area contributed by atoms with Gasteiger partial charge in [0.25, 0.3) is 0 Å². The van der Waals surface area contributed by atoms with E-state index in [0.29, 0.717) is 17.0 Å². The first-order valence-electron chi connectivity index (χ1n) is 11.2. The lowest BCUT2D eigenvalue weighted by Crippen LogP contribution is -2.29. The molecule has 0 bridgehead atoms. The monoisotopic (exact) mass is 440 g/mol. The van der Waals surface area contributed by atoms with E-state index in [2.05, 4.69) is 40.6 Å². The Labute approximate surface area is 189 Å². The number of aromatic nitrogens is 3. The number of benzene rings is 3. The molecular formula is C27H22F2N4. The number of halogens is 2. The Morgan fingerprint density at radius 1 is 0.848 bits per heavy atom. The van der Waals surface area contributed by atoms with E-state index in [1.165, 1.54) is 18.2 Å². The van der Waals surface area contributed by atoms with Crippen LogP contribution in [0.2, 0.25) is 0 Å². The van der Waals surface area contributed by atoms with Gasteiger partial charge in [-0.15, -0.1) is 0 Å². The van der Waals surface area contributed by atoms with Gasteiger partial charge in [0.2, 0.25) is 0 Å². The van der Waals surface area contributed by atoms with Gasteiger partial charge in [-0.2, -0.15) is 0 Å². The van der Waals surface area contributed by atoms with Crippen LogP contribution in [0, 0.1) is 11.6 Å². The van der Waals surface area contributed by atoms with Crippen molar-refractivity contribution in [2.24, 2.45) is 0 Å². The first-order valence-corrected chi connectivity index (χ1v) is 11.2. The summed E-state index contributed by atoms with van der Waals surface area (Å²) >= 11 is 0. The third-order valence-corrected chi connectivity index (χ3v) is 6.50. The van der Waals surface area contributed by atoms with Crippen LogP contribution in [-0.2, 0) is 0 Å². The van der Waals surface area contributed by atoms with E-state index in [0.717, 1.165) is 47.8 Å². The second-order valence-corrected chi connectivity index (χ2v) is 8.48. The Balaban J connectivity index is 1.63. The summed E-state index contributed by atoms with van der Waals surface area (Å²) in [7, 11) is 0. The molecule has 1 saturated heterocycles. The van der Waals surface area contributed by atoms with Crippen molar-refractivity contribution in [2.45, 2.75) is 18.9 Å². The van der Waals surface area contributed by atoms with Crippen LogP contribution in [-0.4, -0.2) is 27.6 Å². The zero-order valence-corrected chi connectivity index (χ0v) is 17.9. The number of piperidine rings is 1. The lowest BCUT2D eigenvalue weighted by Gasteiger charge is -2.26. The predicted octanol–water partition coefficient (Wildman–Crippen LogP) is 6.12. The Morgan fingerprint density at radius 2 is 1.61 bits per heavy atom. The molecule has 1 aliphatic rings. The Bertz CT molecular complexity index is 1460. The molecule has 4 nitrogen and oxygen atoms in total. The third kappa shape index (κ3) is 3.38. The lowest BCUT2D eigenvalue weighted by atomic mass is 10.0. The lowest BCUT2D eigenvalue weighted by molar-refractivity contribution is 0.375. The van der Waals surface area contributed by atoms with E-state index in [4.69, 9.17) is 4.98 Å². The van der Waals surface area contributed by atoms with Gasteiger partial charge in [-0.3, -0.25) is 0 Å². The third-order valence-electron chi connectivity index (χ3n) is 6.50. The Hall–Kier alpha value is -3.64. The van der Waals surface area contributed by atoms with Crippen LogP contribution < -0.4 is 5.32 Å². The van der Waals surface area contributed by atoms with Gasteiger partial charge in [0, 0.05) is 17.8 Å². The van der Waals surface area contributed by atoms with Gasteiger partial charge in [-0.05, 0) is 66.5 Å². The van der Waals surface area contributed by atoms with Crippen molar-refractivity contribution in [1.29, 1.82) is 0 Å². The fourth-order valence-corrected chi connectivity index (χ4v) is 4.88.